The first-order chi connectivity index (χ1) is 18.2. The zero-order valence-corrected chi connectivity index (χ0v) is 21.2. The highest BCUT2D eigenvalue weighted by atomic mass is 16.1. The number of fused-ring (bicyclic) bond motifs is 5. The molecule has 1 aromatic heterocycles. The Labute approximate surface area is 217 Å². The quantitative estimate of drug-likeness (QED) is 0.441. The zero-order valence-electron chi connectivity index (χ0n) is 21.2. The van der Waals surface area contributed by atoms with Crippen molar-refractivity contribution in [1.82, 2.24) is 25.1 Å². The van der Waals surface area contributed by atoms with E-state index in [0.29, 0.717) is 11.5 Å². The lowest BCUT2D eigenvalue weighted by Crippen LogP contribution is -2.57. The lowest BCUT2D eigenvalue weighted by molar-refractivity contribution is 0.0621. The number of hydrogen-bond acceptors (Lipinski definition) is 5. The third-order valence-electron chi connectivity index (χ3n) is 8.63. The maximum atomic E-state index is 13.3. The smallest absolute Gasteiger partial charge is 0.253 e. The lowest BCUT2D eigenvalue weighted by Gasteiger charge is -2.44. The van der Waals surface area contributed by atoms with Crippen LogP contribution in [0, 0.1) is 5.92 Å². The molecule has 4 saturated heterocycles. The standard InChI is InChI=1S/C30H34N6O/c37-30(32-26-19-34-13-11-22(26)12-14-34)24-8-4-9-25-29(24)33-28(31-25)20-35-15-17-36(18-16-35)27-10-3-6-21-5-1-2-7-23(21)27/h1-10,22,26H,11-20H2,(H,31,33)(H,32,37). The van der Waals surface area contributed by atoms with Crippen LogP contribution in [0.2, 0.25) is 0 Å². The second kappa shape index (κ2) is 9.47. The summed E-state index contributed by atoms with van der Waals surface area (Å²) >= 11 is 0. The number of aromatic nitrogens is 2. The summed E-state index contributed by atoms with van der Waals surface area (Å²) < 4.78 is 0. The van der Waals surface area contributed by atoms with Gasteiger partial charge in [-0.1, -0.05) is 42.5 Å². The summed E-state index contributed by atoms with van der Waals surface area (Å²) in [6, 6.07) is 21.3. The van der Waals surface area contributed by atoms with Gasteiger partial charge in [0.25, 0.3) is 5.91 Å². The van der Waals surface area contributed by atoms with Crippen molar-refractivity contribution >= 4 is 33.4 Å². The number of carbonyl (C=O) groups excluding carboxylic acids is 1. The van der Waals surface area contributed by atoms with Crippen LogP contribution in [-0.4, -0.2) is 77.5 Å². The molecule has 0 spiro atoms. The number of amides is 1. The number of imidazole rings is 1. The highest BCUT2D eigenvalue weighted by molar-refractivity contribution is 6.05. The third-order valence-corrected chi connectivity index (χ3v) is 8.63. The van der Waals surface area contributed by atoms with Gasteiger partial charge < -0.3 is 20.1 Å². The molecule has 3 aromatic carbocycles. The van der Waals surface area contributed by atoms with Gasteiger partial charge in [0, 0.05) is 49.8 Å². The highest BCUT2D eigenvalue weighted by Gasteiger charge is 2.35. The summed E-state index contributed by atoms with van der Waals surface area (Å²) in [4.78, 5) is 29.1. The van der Waals surface area contributed by atoms with E-state index in [1.807, 2.05) is 18.2 Å². The first-order valence-corrected chi connectivity index (χ1v) is 13.7. The van der Waals surface area contributed by atoms with E-state index in [4.69, 9.17) is 4.98 Å². The number of para-hydroxylation sites is 1. The summed E-state index contributed by atoms with van der Waals surface area (Å²) in [5, 5.41) is 5.94. The Bertz CT molecular complexity index is 1430. The molecule has 1 atom stereocenters. The van der Waals surface area contributed by atoms with Crippen LogP contribution in [0.5, 0.6) is 0 Å². The normalized spacial score (nSPS) is 24.1. The van der Waals surface area contributed by atoms with Gasteiger partial charge >= 0.3 is 0 Å². The molecular weight excluding hydrogens is 460 g/mol. The molecule has 4 aliphatic heterocycles. The first-order valence-electron chi connectivity index (χ1n) is 13.7. The molecule has 2 bridgehead atoms. The number of piperazine rings is 1. The van der Waals surface area contributed by atoms with Gasteiger partial charge in [0.1, 0.15) is 11.3 Å². The molecule has 0 saturated carbocycles. The molecule has 7 nitrogen and oxygen atoms in total. The minimum absolute atomic E-state index is 0.00565. The summed E-state index contributed by atoms with van der Waals surface area (Å²) in [7, 11) is 0. The fourth-order valence-electron chi connectivity index (χ4n) is 6.56. The average molecular weight is 495 g/mol. The number of nitrogens with one attached hydrogen (secondary N) is 2. The number of H-pyrrole nitrogens is 1. The summed E-state index contributed by atoms with van der Waals surface area (Å²) in [5.74, 6) is 1.54. The predicted molar refractivity (Wildman–Crippen MR) is 148 cm³/mol. The summed E-state index contributed by atoms with van der Waals surface area (Å²) in [6.07, 6.45) is 2.38. The van der Waals surface area contributed by atoms with Gasteiger partial charge in [-0.05, 0) is 55.4 Å². The van der Waals surface area contributed by atoms with Crippen molar-refractivity contribution in [3.05, 3.63) is 72.1 Å². The number of nitrogens with zero attached hydrogens (tertiary/aromatic N) is 4. The number of rotatable bonds is 5. The van der Waals surface area contributed by atoms with Crippen molar-refractivity contribution < 1.29 is 4.79 Å². The Morgan fingerprint density at radius 3 is 2.51 bits per heavy atom. The van der Waals surface area contributed by atoms with E-state index < -0.39 is 0 Å². The van der Waals surface area contributed by atoms with E-state index in [2.05, 4.69) is 67.5 Å². The number of anilines is 1. The number of aromatic amines is 1. The topological polar surface area (TPSA) is 67.5 Å². The van der Waals surface area contributed by atoms with Crippen molar-refractivity contribution in [2.24, 2.45) is 5.92 Å². The number of benzene rings is 3. The van der Waals surface area contributed by atoms with Crippen LogP contribution in [0.1, 0.15) is 29.0 Å². The minimum Gasteiger partial charge on any atom is -0.368 e. The summed E-state index contributed by atoms with van der Waals surface area (Å²) in [6.45, 7) is 8.02. The Hall–Kier alpha value is -3.42. The number of piperidine rings is 3. The van der Waals surface area contributed by atoms with Gasteiger partial charge in [0.2, 0.25) is 0 Å². The maximum Gasteiger partial charge on any atom is 0.253 e. The molecule has 0 radical (unpaired) electrons. The van der Waals surface area contributed by atoms with Crippen molar-refractivity contribution in [3.63, 3.8) is 0 Å². The van der Waals surface area contributed by atoms with Crippen LogP contribution < -0.4 is 10.2 Å². The Kier molecular flexibility index (Phi) is 5.82. The molecule has 8 rings (SSSR count). The fourth-order valence-corrected chi connectivity index (χ4v) is 6.56. The first kappa shape index (κ1) is 22.8. The minimum atomic E-state index is 0.00565. The van der Waals surface area contributed by atoms with Gasteiger partial charge in [0.05, 0.1) is 17.6 Å². The second-order valence-corrected chi connectivity index (χ2v) is 10.9. The Morgan fingerprint density at radius 2 is 1.70 bits per heavy atom. The van der Waals surface area contributed by atoms with Crippen LogP contribution in [0.25, 0.3) is 21.8 Å². The van der Waals surface area contributed by atoms with E-state index in [1.165, 1.54) is 42.4 Å². The largest absolute Gasteiger partial charge is 0.368 e. The summed E-state index contributed by atoms with van der Waals surface area (Å²) in [5.41, 5.74) is 3.72. The molecule has 4 fully saturated rings. The highest BCUT2D eigenvalue weighted by Crippen LogP contribution is 2.29. The van der Waals surface area contributed by atoms with E-state index in [9.17, 15) is 4.79 Å². The van der Waals surface area contributed by atoms with Crippen molar-refractivity contribution in [1.29, 1.82) is 0 Å². The Morgan fingerprint density at radius 1 is 0.919 bits per heavy atom. The monoisotopic (exact) mass is 494 g/mol. The molecule has 5 heterocycles. The number of carbonyl (C=O) groups is 1. The maximum absolute atomic E-state index is 13.3. The van der Waals surface area contributed by atoms with Gasteiger partial charge in [-0.25, -0.2) is 4.98 Å². The van der Waals surface area contributed by atoms with Crippen molar-refractivity contribution in [3.8, 4) is 0 Å². The predicted octanol–water partition coefficient (Wildman–Crippen LogP) is 3.86. The van der Waals surface area contributed by atoms with Crippen LogP contribution in [0.3, 0.4) is 0 Å². The van der Waals surface area contributed by atoms with Crippen molar-refractivity contribution in [2.75, 3.05) is 50.7 Å². The molecule has 1 amide bonds. The molecule has 7 heteroatoms. The second-order valence-electron chi connectivity index (χ2n) is 10.9. The lowest BCUT2D eigenvalue weighted by atomic mass is 9.84. The molecule has 4 aromatic rings. The molecule has 1 unspecified atom stereocenters. The molecule has 4 aliphatic rings. The van der Waals surface area contributed by atoms with Crippen LogP contribution in [0.15, 0.2) is 60.7 Å². The van der Waals surface area contributed by atoms with Gasteiger partial charge in [-0.15, -0.1) is 0 Å². The molecular formula is C30H34N6O. The average Bonchev–Trinajstić information content (AvgIpc) is 3.36. The van der Waals surface area contributed by atoms with Crippen LogP contribution >= 0.6 is 0 Å². The molecule has 2 N–H and O–H groups in total. The SMILES string of the molecule is O=C(NC1CN2CCC1CC2)c1cccc2[nH]c(CN3CCN(c4cccc5ccccc45)CC3)nc12. The van der Waals surface area contributed by atoms with Gasteiger partial charge in [-0.2, -0.15) is 0 Å². The zero-order chi connectivity index (χ0) is 24.8. The van der Waals surface area contributed by atoms with E-state index in [1.54, 1.807) is 0 Å². The van der Waals surface area contributed by atoms with Gasteiger partial charge in [-0.3, -0.25) is 9.69 Å². The number of hydrogen-bond donors (Lipinski definition) is 2. The fraction of sp³-hybridized carbons (Fsp3) is 0.400. The van der Waals surface area contributed by atoms with Gasteiger partial charge in [0.15, 0.2) is 0 Å². The van der Waals surface area contributed by atoms with Crippen molar-refractivity contribution in [2.45, 2.75) is 25.4 Å². The van der Waals surface area contributed by atoms with E-state index in [0.717, 1.165) is 56.1 Å². The molecule has 37 heavy (non-hydrogen) atoms. The molecule has 190 valence electrons. The van der Waals surface area contributed by atoms with Crippen LogP contribution in [-0.2, 0) is 6.54 Å². The Balaban J connectivity index is 1.03. The third kappa shape index (κ3) is 4.36. The van der Waals surface area contributed by atoms with E-state index in [-0.39, 0.29) is 11.9 Å². The van der Waals surface area contributed by atoms with Crippen LogP contribution in [0.4, 0.5) is 5.69 Å². The molecule has 0 aliphatic carbocycles. The van der Waals surface area contributed by atoms with E-state index >= 15 is 0 Å².